The van der Waals surface area contributed by atoms with Crippen LogP contribution in [0.1, 0.15) is 84.5 Å². The van der Waals surface area contributed by atoms with Gasteiger partial charge in [-0.3, -0.25) is 4.79 Å². The zero-order chi connectivity index (χ0) is 14.2. The highest BCUT2D eigenvalue weighted by molar-refractivity contribution is 5.69. The van der Waals surface area contributed by atoms with Crippen molar-refractivity contribution in [2.24, 2.45) is 0 Å². The van der Waals surface area contributed by atoms with E-state index in [0.717, 1.165) is 12.8 Å². The molecule has 2 heteroatoms. The van der Waals surface area contributed by atoms with Gasteiger partial charge in [-0.25, -0.2) is 0 Å². The summed E-state index contributed by atoms with van der Waals surface area (Å²) in [4.78, 5) is 11.0. The maximum Gasteiger partial charge on any atom is 0.306 e. The Morgan fingerprint density at radius 2 is 1.47 bits per heavy atom. The summed E-state index contributed by atoms with van der Waals surface area (Å²) >= 11 is 0. The van der Waals surface area contributed by atoms with Crippen LogP contribution in [-0.4, -0.2) is 12.6 Å². The molecule has 0 aromatic rings. The number of rotatable bonds is 11. The van der Waals surface area contributed by atoms with E-state index in [-0.39, 0.29) is 12.6 Å². The Kier molecular flexibility index (Phi) is 14.3. The van der Waals surface area contributed by atoms with Crippen LogP contribution in [0, 0.1) is 11.8 Å². The van der Waals surface area contributed by atoms with Crippen molar-refractivity contribution in [2.75, 3.05) is 6.61 Å². The minimum Gasteiger partial charge on any atom is -0.452 e. The molecule has 0 fully saturated rings. The zero-order valence-electron chi connectivity index (χ0n) is 12.8. The molecular formula is C17H30O2. The second-order valence-electron chi connectivity index (χ2n) is 4.99. The van der Waals surface area contributed by atoms with Crippen molar-refractivity contribution in [1.29, 1.82) is 0 Å². The van der Waals surface area contributed by atoms with Crippen LogP contribution in [0.15, 0.2) is 0 Å². The summed E-state index contributed by atoms with van der Waals surface area (Å²) in [5.41, 5.74) is 0. The summed E-state index contributed by atoms with van der Waals surface area (Å²) in [5.74, 6) is 5.83. The Morgan fingerprint density at radius 3 is 2.11 bits per heavy atom. The van der Waals surface area contributed by atoms with Crippen molar-refractivity contribution in [3.63, 3.8) is 0 Å². The molecular weight excluding hydrogens is 236 g/mol. The number of carbonyl (C=O) groups is 1. The second kappa shape index (κ2) is 15.1. The molecule has 0 aromatic carbocycles. The lowest BCUT2D eigenvalue weighted by Crippen LogP contribution is -2.03. The van der Waals surface area contributed by atoms with E-state index in [1.165, 1.54) is 51.4 Å². The second-order valence-corrected chi connectivity index (χ2v) is 4.99. The number of carbonyl (C=O) groups excluding carboxylic acids is 1. The van der Waals surface area contributed by atoms with Gasteiger partial charge in [0, 0.05) is 12.8 Å². The maximum absolute atomic E-state index is 11.0. The number of hydrogen-bond acceptors (Lipinski definition) is 2. The lowest BCUT2D eigenvalue weighted by molar-refractivity contribution is -0.142. The normalized spacial score (nSPS) is 9.79. The van der Waals surface area contributed by atoms with Gasteiger partial charge in [0.2, 0.25) is 0 Å². The van der Waals surface area contributed by atoms with Crippen LogP contribution >= 0.6 is 0 Å². The summed E-state index contributed by atoms with van der Waals surface area (Å²) < 4.78 is 4.95. The fourth-order valence-corrected chi connectivity index (χ4v) is 1.88. The molecule has 0 saturated carbocycles. The van der Waals surface area contributed by atoms with E-state index in [1.807, 2.05) is 6.92 Å². The van der Waals surface area contributed by atoms with E-state index in [2.05, 4.69) is 18.8 Å². The van der Waals surface area contributed by atoms with Crippen molar-refractivity contribution in [3.8, 4) is 11.8 Å². The van der Waals surface area contributed by atoms with E-state index in [1.54, 1.807) is 0 Å². The molecule has 0 spiro atoms. The average molecular weight is 266 g/mol. The zero-order valence-corrected chi connectivity index (χ0v) is 12.8. The first kappa shape index (κ1) is 18.0. The molecule has 110 valence electrons. The molecule has 0 heterocycles. The molecule has 0 aromatic heterocycles. The molecule has 2 nitrogen and oxygen atoms in total. The summed E-state index contributed by atoms with van der Waals surface area (Å²) in [6.07, 6.45) is 12.9. The summed E-state index contributed by atoms with van der Waals surface area (Å²) in [6.45, 7) is 4.48. The highest BCUT2D eigenvalue weighted by Crippen LogP contribution is 2.09. The smallest absolute Gasteiger partial charge is 0.306 e. The van der Waals surface area contributed by atoms with Crippen LogP contribution in [0.4, 0.5) is 0 Å². The van der Waals surface area contributed by atoms with E-state index in [4.69, 9.17) is 4.74 Å². The third-order valence-corrected chi connectivity index (χ3v) is 3.04. The van der Waals surface area contributed by atoms with E-state index in [0.29, 0.717) is 6.42 Å². The number of ether oxygens (including phenoxy) is 1. The molecule has 0 amide bonds. The summed E-state index contributed by atoms with van der Waals surface area (Å²) in [7, 11) is 0. The first-order valence-corrected chi connectivity index (χ1v) is 7.92. The standard InChI is InChI=1S/C17H30O2/c1-3-5-6-7-8-9-10-11-12-13-14-16-19-17(18)15-4-2/h3-12,15-16H2,1-2H3. The number of hydrogen-bond donors (Lipinski definition) is 0. The highest BCUT2D eigenvalue weighted by atomic mass is 16.5. The quantitative estimate of drug-likeness (QED) is 0.303. The molecule has 0 atom stereocenters. The minimum absolute atomic E-state index is 0.135. The van der Waals surface area contributed by atoms with Crippen LogP contribution in [0.2, 0.25) is 0 Å². The van der Waals surface area contributed by atoms with Gasteiger partial charge in [-0.2, -0.15) is 0 Å². The molecule has 0 radical (unpaired) electrons. The molecule has 19 heavy (non-hydrogen) atoms. The third-order valence-electron chi connectivity index (χ3n) is 3.04. The van der Waals surface area contributed by atoms with Gasteiger partial charge in [0.25, 0.3) is 0 Å². The third kappa shape index (κ3) is 15.0. The largest absolute Gasteiger partial charge is 0.452 e. The van der Waals surface area contributed by atoms with Gasteiger partial charge in [0.1, 0.15) is 0 Å². The number of unbranched alkanes of at least 4 members (excludes halogenated alkanes) is 8. The summed E-state index contributed by atoms with van der Waals surface area (Å²) in [5, 5.41) is 0. The van der Waals surface area contributed by atoms with Gasteiger partial charge in [-0.15, -0.1) is 0 Å². The molecule has 0 bridgehead atoms. The van der Waals surface area contributed by atoms with Crippen LogP contribution in [0.3, 0.4) is 0 Å². The monoisotopic (exact) mass is 266 g/mol. The van der Waals surface area contributed by atoms with Crippen LogP contribution in [0.25, 0.3) is 0 Å². The Morgan fingerprint density at radius 1 is 0.842 bits per heavy atom. The Balaban J connectivity index is 3.19. The lowest BCUT2D eigenvalue weighted by Gasteiger charge is -1.99. The Hall–Kier alpha value is -0.970. The topological polar surface area (TPSA) is 26.3 Å². The van der Waals surface area contributed by atoms with Crippen molar-refractivity contribution >= 4 is 5.97 Å². The van der Waals surface area contributed by atoms with Crippen molar-refractivity contribution in [2.45, 2.75) is 84.5 Å². The molecule has 0 aliphatic carbocycles. The van der Waals surface area contributed by atoms with E-state index < -0.39 is 0 Å². The predicted molar refractivity (Wildman–Crippen MR) is 80.9 cm³/mol. The number of esters is 1. The highest BCUT2D eigenvalue weighted by Gasteiger charge is 1.97. The summed E-state index contributed by atoms with van der Waals surface area (Å²) in [6, 6.07) is 0. The van der Waals surface area contributed by atoms with Gasteiger partial charge < -0.3 is 4.74 Å². The molecule has 0 unspecified atom stereocenters. The van der Waals surface area contributed by atoms with Gasteiger partial charge in [-0.05, 0) is 12.8 Å². The molecule has 0 N–H and O–H groups in total. The predicted octanol–water partition coefficient (Wildman–Crippen LogP) is 4.86. The van der Waals surface area contributed by atoms with Crippen LogP contribution in [-0.2, 0) is 9.53 Å². The average Bonchev–Trinajstić information content (AvgIpc) is 2.40. The van der Waals surface area contributed by atoms with Crippen molar-refractivity contribution in [3.05, 3.63) is 0 Å². The molecule has 0 saturated heterocycles. The van der Waals surface area contributed by atoms with E-state index in [9.17, 15) is 4.79 Å². The Bertz CT molecular complexity index is 260. The first-order valence-electron chi connectivity index (χ1n) is 7.92. The minimum atomic E-state index is -0.135. The van der Waals surface area contributed by atoms with Crippen LogP contribution < -0.4 is 0 Å². The first-order chi connectivity index (χ1) is 9.31. The van der Waals surface area contributed by atoms with Gasteiger partial charge in [0.05, 0.1) is 0 Å². The SMILES string of the molecule is CCCCCCCCCCC#CCOC(=O)CCC. The Labute approximate surface area is 119 Å². The van der Waals surface area contributed by atoms with Crippen LogP contribution in [0.5, 0.6) is 0 Å². The molecule has 0 aliphatic rings. The van der Waals surface area contributed by atoms with Gasteiger partial charge in [-0.1, -0.05) is 70.6 Å². The van der Waals surface area contributed by atoms with E-state index >= 15 is 0 Å². The molecule has 0 rings (SSSR count). The fourth-order valence-electron chi connectivity index (χ4n) is 1.88. The fraction of sp³-hybridized carbons (Fsp3) is 0.824. The molecule has 0 aliphatic heterocycles. The lowest BCUT2D eigenvalue weighted by atomic mass is 10.1. The van der Waals surface area contributed by atoms with Crippen molar-refractivity contribution in [1.82, 2.24) is 0 Å². The van der Waals surface area contributed by atoms with Gasteiger partial charge >= 0.3 is 5.97 Å². The van der Waals surface area contributed by atoms with Crippen molar-refractivity contribution < 1.29 is 9.53 Å². The van der Waals surface area contributed by atoms with Gasteiger partial charge in [0.15, 0.2) is 6.61 Å². The maximum atomic E-state index is 11.0.